The first kappa shape index (κ1) is 25.9. The van der Waals surface area contributed by atoms with E-state index in [1.54, 1.807) is 27.8 Å². The van der Waals surface area contributed by atoms with Crippen LogP contribution in [0.2, 0.25) is 0 Å². The Morgan fingerprint density at radius 1 is 1.16 bits per heavy atom. The Hall–Kier alpha value is -4.20. The van der Waals surface area contributed by atoms with Crippen LogP contribution in [-0.4, -0.2) is 65.5 Å². The van der Waals surface area contributed by atoms with Crippen molar-refractivity contribution in [2.45, 2.75) is 36.1 Å². The molecule has 13 heteroatoms. The van der Waals surface area contributed by atoms with E-state index >= 15 is 0 Å². The van der Waals surface area contributed by atoms with Gasteiger partial charge in [0.1, 0.15) is 11.8 Å². The van der Waals surface area contributed by atoms with Gasteiger partial charge in [0, 0.05) is 39.1 Å². The van der Waals surface area contributed by atoms with Gasteiger partial charge in [0.25, 0.3) is 5.56 Å². The van der Waals surface area contributed by atoms with Gasteiger partial charge in [0.2, 0.25) is 15.9 Å². The van der Waals surface area contributed by atoms with E-state index in [0.717, 1.165) is 4.31 Å². The Bertz CT molecular complexity index is 1570. The number of rotatable bonds is 7. The van der Waals surface area contributed by atoms with Crippen LogP contribution in [0.25, 0.3) is 10.9 Å². The third kappa shape index (κ3) is 4.79. The number of benzene rings is 1. The number of nitriles is 2. The number of hydrogen-bond donors (Lipinski definition) is 2. The first-order valence-electron chi connectivity index (χ1n) is 11.6. The van der Waals surface area contributed by atoms with Crippen LogP contribution in [0.4, 0.5) is 11.5 Å². The number of amides is 1. The quantitative estimate of drug-likeness (QED) is 0.474. The zero-order chi connectivity index (χ0) is 26.8. The zero-order valence-electron chi connectivity index (χ0n) is 20.4. The van der Waals surface area contributed by atoms with Gasteiger partial charge in [0.15, 0.2) is 5.82 Å². The Kier molecular flexibility index (Phi) is 7.03. The number of carbonyl (C=O) groups is 1. The summed E-state index contributed by atoms with van der Waals surface area (Å²) in [5.41, 5.74) is -0.0657. The highest BCUT2D eigenvalue weighted by atomic mass is 32.2. The number of nitrogens with zero attached hydrogens (tertiary/aromatic N) is 6. The molecule has 0 radical (unpaired) electrons. The zero-order valence-corrected chi connectivity index (χ0v) is 21.2. The number of aromatic nitrogens is 3. The Morgan fingerprint density at radius 3 is 2.43 bits per heavy atom. The predicted octanol–water partition coefficient (Wildman–Crippen LogP) is 1.86. The third-order valence-electron chi connectivity index (χ3n) is 6.63. The average Bonchev–Trinajstić information content (AvgIpc) is 3.25. The third-order valence-corrected chi connectivity index (χ3v) is 8.46. The number of piperidine rings is 1. The summed E-state index contributed by atoms with van der Waals surface area (Å²) >= 11 is 0. The van der Waals surface area contributed by atoms with Gasteiger partial charge in [-0.2, -0.15) is 15.6 Å². The van der Waals surface area contributed by atoms with Gasteiger partial charge >= 0.3 is 0 Å². The monoisotopic (exact) mass is 522 g/mol. The number of anilines is 2. The Balaban J connectivity index is 1.72. The van der Waals surface area contributed by atoms with Crippen molar-refractivity contribution < 1.29 is 13.2 Å². The second-order valence-corrected chi connectivity index (χ2v) is 11.2. The molecular weight excluding hydrogens is 496 g/mol. The van der Waals surface area contributed by atoms with Crippen molar-refractivity contribution >= 4 is 38.3 Å². The molecule has 192 valence electrons. The fourth-order valence-corrected chi connectivity index (χ4v) is 5.45. The van der Waals surface area contributed by atoms with Gasteiger partial charge in [-0.25, -0.2) is 12.7 Å². The van der Waals surface area contributed by atoms with Gasteiger partial charge in [-0.1, -0.05) is 0 Å². The summed E-state index contributed by atoms with van der Waals surface area (Å²) in [6, 6.07) is 11.9. The minimum atomic E-state index is -3.59. The number of carbonyl (C=O) groups excluding carboxylic acids is 1. The van der Waals surface area contributed by atoms with Crippen LogP contribution >= 0.6 is 0 Å². The van der Waals surface area contributed by atoms with Crippen LogP contribution in [-0.2, 0) is 20.4 Å². The molecule has 1 fully saturated rings. The smallest absolute Gasteiger partial charge is 0.261 e. The number of likely N-dealkylation sites (tertiary alicyclic amines) is 1. The van der Waals surface area contributed by atoms with Gasteiger partial charge in [-0.15, -0.1) is 0 Å². The van der Waals surface area contributed by atoms with Crippen molar-refractivity contribution in [2.75, 3.05) is 32.5 Å². The summed E-state index contributed by atoms with van der Waals surface area (Å²) in [7, 11) is -0.689. The molecule has 1 saturated heterocycles. The van der Waals surface area contributed by atoms with Gasteiger partial charge in [-0.3, -0.25) is 14.3 Å². The number of nitrogens with one attached hydrogen (secondary N) is 2. The molecular formula is C24H26N8O4S. The number of aromatic amines is 1. The molecule has 0 bridgehead atoms. The van der Waals surface area contributed by atoms with Crippen LogP contribution in [0.3, 0.4) is 0 Å². The van der Waals surface area contributed by atoms with Crippen LogP contribution < -0.4 is 10.9 Å². The first-order chi connectivity index (χ1) is 17.6. The summed E-state index contributed by atoms with van der Waals surface area (Å²) in [5.74, 6) is 0.0114. The highest BCUT2D eigenvalue weighted by Gasteiger charge is 2.40. The Labute approximate surface area is 213 Å². The van der Waals surface area contributed by atoms with E-state index in [0.29, 0.717) is 42.5 Å². The summed E-state index contributed by atoms with van der Waals surface area (Å²) in [5, 5.41) is 26.6. The first-order valence-corrected chi connectivity index (χ1v) is 13.0. The molecule has 3 aromatic rings. The molecule has 4 rings (SSSR count). The van der Waals surface area contributed by atoms with E-state index in [1.807, 2.05) is 6.07 Å². The second-order valence-electron chi connectivity index (χ2n) is 9.04. The molecule has 1 aliphatic rings. The van der Waals surface area contributed by atoms with Crippen LogP contribution in [0, 0.1) is 22.7 Å². The topological polar surface area (TPSA) is 168 Å². The molecule has 0 unspecified atom stereocenters. The molecule has 2 N–H and O–H groups in total. The van der Waals surface area contributed by atoms with Crippen molar-refractivity contribution in [3.05, 3.63) is 46.9 Å². The molecule has 2 aromatic heterocycles. The lowest BCUT2D eigenvalue weighted by Gasteiger charge is -2.41. The van der Waals surface area contributed by atoms with Crippen molar-refractivity contribution in [2.24, 2.45) is 0 Å². The second kappa shape index (κ2) is 10.0. The lowest BCUT2D eigenvalue weighted by atomic mass is 9.84. The number of hydrogen-bond acceptors (Lipinski definition) is 8. The fraction of sp³-hybridized carbons (Fsp3) is 0.375. The number of sulfonamides is 1. The molecule has 0 spiro atoms. The summed E-state index contributed by atoms with van der Waals surface area (Å²) in [6.07, 6.45) is 2.29. The van der Waals surface area contributed by atoms with Crippen LogP contribution in [0.5, 0.6) is 0 Å². The summed E-state index contributed by atoms with van der Waals surface area (Å²) in [4.78, 5) is 29.4. The lowest BCUT2D eigenvalue weighted by molar-refractivity contribution is -0.132. The summed E-state index contributed by atoms with van der Waals surface area (Å²) in [6.45, 7) is 0.717. The molecule has 37 heavy (non-hydrogen) atoms. The molecule has 1 amide bonds. The van der Waals surface area contributed by atoms with Crippen molar-refractivity contribution in [3.8, 4) is 12.1 Å². The molecule has 0 atom stereocenters. The van der Waals surface area contributed by atoms with E-state index in [2.05, 4.69) is 16.4 Å². The largest absolute Gasteiger partial charge is 0.342 e. The van der Waals surface area contributed by atoms with E-state index in [-0.39, 0.29) is 35.0 Å². The predicted molar refractivity (Wildman–Crippen MR) is 135 cm³/mol. The maximum atomic E-state index is 12.8. The molecule has 3 heterocycles. The average molecular weight is 523 g/mol. The summed E-state index contributed by atoms with van der Waals surface area (Å²) < 4.78 is 27.6. The van der Waals surface area contributed by atoms with Crippen molar-refractivity contribution in [1.82, 2.24) is 24.0 Å². The SMILES string of the molecule is CN(C)S(=O)(=O)c1ccc(Nc2nn(C3(CC#N)CCN(C(=O)CC#N)CC3)c3cc[nH]c(=O)c23)cc1. The maximum absolute atomic E-state index is 12.8. The highest BCUT2D eigenvalue weighted by Crippen LogP contribution is 2.37. The minimum absolute atomic E-state index is 0.118. The van der Waals surface area contributed by atoms with E-state index in [4.69, 9.17) is 10.4 Å². The highest BCUT2D eigenvalue weighted by molar-refractivity contribution is 7.89. The van der Waals surface area contributed by atoms with Gasteiger partial charge in [0.05, 0.1) is 34.5 Å². The van der Waals surface area contributed by atoms with E-state index < -0.39 is 15.6 Å². The van der Waals surface area contributed by atoms with Crippen molar-refractivity contribution in [1.29, 1.82) is 10.5 Å². The molecule has 0 aliphatic carbocycles. The van der Waals surface area contributed by atoms with E-state index in [9.17, 15) is 23.3 Å². The molecule has 0 saturated carbocycles. The Morgan fingerprint density at radius 2 is 1.84 bits per heavy atom. The van der Waals surface area contributed by atoms with Gasteiger partial charge in [-0.05, 0) is 43.2 Å². The lowest BCUT2D eigenvalue weighted by Crippen LogP contribution is -2.48. The maximum Gasteiger partial charge on any atom is 0.261 e. The molecule has 1 aromatic carbocycles. The standard InChI is InChI=1S/C24H26N8O4S/c1-30(2)37(35,36)18-5-3-17(4-6-18)28-22-21-19(8-14-27-23(21)34)32(29-22)24(9-13-26)10-15-31(16-11-24)20(33)7-12-25/h3-6,8,14H,7,9-11,15-16H2,1-2H3,(H,27,34)(H,28,29). The molecule has 12 nitrogen and oxygen atoms in total. The number of fused-ring (bicyclic) bond motifs is 1. The molecule has 1 aliphatic heterocycles. The van der Waals surface area contributed by atoms with Gasteiger partial charge < -0.3 is 15.2 Å². The van der Waals surface area contributed by atoms with Crippen molar-refractivity contribution in [3.63, 3.8) is 0 Å². The van der Waals surface area contributed by atoms with Crippen LogP contribution in [0.1, 0.15) is 25.7 Å². The normalized spacial score (nSPS) is 15.3. The minimum Gasteiger partial charge on any atom is -0.342 e. The number of pyridine rings is 1. The van der Waals surface area contributed by atoms with Crippen LogP contribution in [0.15, 0.2) is 46.2 Å². The fourth-order valence-electron chi connectivity index (χ4n) is 4.55. The van der Waals surface area contributed by atoms with E-state index in [1.165, 1.54) is 32.4 Å². The number of H-pyrrole nitrogens is 1.